The Morgan fingerprint density at radius 3 is 2.57 bits per heavy atom. The van der Waals surface area contributed by atoms with Crippen molar-refractivity contribution in [1.29, 1.82) is 0 Å². The van der Waals surface area contributed by atoms with Crippen LogP contribution in [0, 0.1) is 0 Å². The fraction of sp³-hybridized carbons (Fsp3) is 0.100. The van der Waals surface area contributed by atoms with Crippen molar-refractivity contribution in [3.05, 3.63) is 69.3 Å². The lowest BCUT2D eigenvalue weighted by atomic mass is 10.1. The molecule has 0 spiro atoms. The lowest BCUT2D eigenvalue weighted by molar-refractivity contribution is -0.135. The molecule has 6 nitrogen and oxygen atoms in total. The molecule has 0 unspecified atom stereocenters. The van der Waals surface area contributed by atoms with Crippen LogP contribution in [0.2, 0.25) is 5.02 Å². The number of thioether (sulfide) groups is 1. The second-order valence-electron chi connectivity index (χ2n) is 5.63. The van der Waals surface area contributed by atoms with Crippen molar-refractivity contribution in [2.24, 2.45) is 4.99 Å². The molecule has 28 heavy (non-hydrogen) atoms. The molecule has 1 aliphatic rings. The lowest BCUT2D eigenvalue weighted by Crippen LogP contribution is -2.10. The van der Waals surface area contributed by atoms with Gasteiger partial charge in [-0.05, 0) is 35.9 Å². The quantitative estimate of drug-likeness (QED) is 0.691. The topological polar surface area (TPSA) is 88.4 Å². The van der Waals surface area contributed by atoms with Crippen molar-refractivity contribution in [3.8, 4) is 11.5 Å². The van der Waals surface area contributed by atoms with E-state index in [0.717, 1.165) is 11.8 Å². The van der Waals surface area contributed by atoms with Crippen molar-refractivity contribution < 1.29 is 24.5 Å². The number of halogens is 1. The second-order valence-corrected chi connectivity index (χ2v) is 7.06. The maximum absolute atomic E-state index is 12.2. The minimum Gasteiger partial charge on any atom is -0.506 e. The molecular weight excluding hydrogens is 402 g/mol. The number of hydrogen-bond donors (Lipinski definition) is 2. The number of ether oxygens (including phenoxy) is 2. The van der Waals surface area contributed by atoms with E-state index in [4.69, 9.17) is 21.1 Å². The first-order valence-corrected chi connectivity index (χ1v) is 9.26. The van der Waals surface area contributed by atoms with Gasteiger partial charge in [-0.25, -0.2) is 9.79 Å². The molecule has 1 aliphatic heterocycles. The van der Waals surface area contributed by atoms with Crippen LogP contribution in [0.25, 0.3) is 6.08 Å². The number of para-hydroxylation sites is 1. The second kappa shape index (κ2) is 8.41. The average Bonchev–Trinajstić information content (AvgIpc) is 2.98. The molecule has 2 N–H and O–H groups in total. The Labute approximate surface area is 170 Å². The predicted octanol–water partition coefficient (Wildman–Crippen LogP) is 4.86. The summed E-state index contributed by atoms with van der Waals surface area (Å²) in [6.07, 6.45) is 1.62. The number of hydrogen-bond acceptors (Lipinski definition) is 7. The zero-order chi connectivity index (χ0) is 20.3. The Kier molecular flexibility index (Phi) is 5.96. The van der Waals surface area contributed by atoms with Gasteiger partial charge in [-0.2, -0.15) is 0 Å². The number of aliphatic hydroxyl groups is 1. The molecule has 0 saturated heterocycles. The van der Waals surface area contributed by atoms with E-state index in [2.05, 4.69) is 4.99 Å². The zero-order valence-corrected chi connectivity index (χ0v) is 16.5. The van der Waals surface area contributed by atoms with Crippen molar-refractivity contribution in [1.82, 2.24) is 0 Å². The van der Waals surface area contributed by atoms with Gasteiger partial charge in [0.2, 0.25) is 0 Å². The van der Waals surface area contributed by atoms with Crippen LogP contribution < -0.4 is 4.74 Å². The molecule has 2 aromatic carbocycles. The summed E-state index contributed by atoms with van der Waals surface area (Å²) in [5, 5.41) is 21.2. The van der Waals surface area contributed by atoms with Gasteiger partial charge in [0, 0.05) is 0 Å². The molecule has 0 amide bonds. The Bertz CT molecular complexity index is 1030. The summed E-state index contributed by atoms with van der Waals surface area (Å²) >= 11 is 7.25. The van der Waals surface area contributed by atoms with Crippen molar-refractivity contribution >= 4 is 46.1 Å². The summed E-state index contributed by atoms with van der Waals surface area (Å²) in [6.45, 7) is 0. The normalized spacial score (nSPS) is 16.7. The van der Waals surface area contributed by atoms with Crippen molar-refractivity contribution in [2.45, 2.75) is 0 Å². The fourth-order valence-electron chi connectivity index (χ4n) is 2.49. The zero-order valence-electron chi connectivity index (χ0n) is 15.0. The molecule has 0 aromatic heterocycles. The highest BCUT2D eigenvalue weighted by molar-refractivity contribution is 8.18. The standard InChI is InChI=1S/C20H16ClNO5S/c1-26-15-8-7-11(9-14(15)23)10-16-18(24)17(20(25)27-2)19(28-16)22-13-6-4-3-5-12(13)21/h3-10,23-24H,1-2H3/b16-10+,22-19?. The van der Waals surface area contributed by atoms with E-state index in [1.54, 1.807) is 42.5 Å². The van der Waals surface area contributed by atoms with Gasteiger partial charge in [0.05, 0.1) is 29.8 Å². The third-order valence-corrected chi connectivity index (χ3v) is 5.19. The Balaban J connectivity index is 2.05. The summed E-state index contributed by atoms with van der Waals surface area (Å²) in [5.74, 6) is -0.673. The van der Waals surface area contributed by atoms with E-state index >= 15 is 0 Å². The SMILES string of the molecule is COC(=O)C1=C(O)/C(=C\c2ccc(OC)c(O)c2)SC1=Nc1ccccc1Cl. The van der Waals surface area contributed by atoms with Crippen molar-refractivity contribution in [3.63, 3.8) is 0 Å². The molecule has 0 fully saturated rings. The smallest absolute Gasteiger partial charge is 0.344 e. The van der Waals surface area contributed by atoms with Crippen LogP contribution in [0.3, 0.4) is 0 Å². The predicted molar refractivity (Wildman–Crippen MR) is 110 cm³/mol. The van der Waals surface area contributed by atoms with Crippen LogP contribution in [0.4, 0.5) is 5.69 Å². The van der Waals surface area contributed by atoms with E-state index in [1.165, 1.54) is 20.3 Å². The highest BCUT2D eigenvalue weighted by Crippen LogP contribution is 2.41. The fourth-order valence-corrected chi connectivity index (χ4v) is 3.70. The van der Waals surface area contributed by atoms with Gasteiger partial charge < -0.3 is 19.7 Å². The number of nitrogens with zero attached hydrogens (tertiary/aromatic N) is 1. The van der Waals surface area contributed by atoms with E-state index in [1.807, 2.05) is 0 Å². The Hall–Kier alpha value is -2.90. The average molecular weight is 418 g/mol. The number of carbonyl (C=O) groups is 1. The molecule has 144 valence electrons. The van der Waals surface area contributed by atoms with Crippen LogP contribution in [0.5, 0.6) is 11.5 Å². The number of methoxy groups -OCH3 is 2. The van der Waals surface area contributed by atoms with Crippen LogP contribution in [-0.2, 0) is 9.53 Å². The number of benzene rings is 2. The van der Waals surface area contributed by atoms with Crippen LogP contribution in [0.15, 0.2) is 63.7 Å². The van der Waals surface area contributed by atoms with Gasteiger partial charge >= 0.3 is 5.97 Å². The number of aliphatic hydroxyl groups excluding tert-OH is 1. The number of aromatic hydroxyl groups is 1. The molecule has 0 radical (unpaired) electrons. The monoisotopic (exact) mass is 417 g/mol. The first-order valence-electron chi connectivity index (χ1n) is 8.06. The van der Waals surface area contributed by atoms with E-state index in [-0.39, 0.29) is 22.1 Å². The molecule has 2 aromatic rings. The number of aliphatic imine (C=N–C) groups is 1. The molecule has 0 atom stereocenters. The number of rotatable bonds is 4. The Morgan fingerprint density at radius 1 is 1.18 bits per heavy atom. The first kappa shape index (κ1) is 19.9. The minimum atomic E-state index is -0.711. The number of carbonyl (C=O) groups excluding carboxylic acids is 1. The molecule has 0 bridgehead atoms. The van der Waals surface area contributed by atoms with E-state index < -0.39 is 5.97 Å². The maximum Gasteiger partial charge on any atom is 0.344 e. The molecule has 1 heterocycles. The van der Waals surface area contributed by atoms with Gasteiger partial charge in [0.1, 0.15) is 16.4 Å². The number of phenols is 1. The lowest BCUT2D eigenvalue weighted by Gasteiger charge is -2.04. The molecule has 0 aliphatic carbocycles. The molecule has 8 heteroatoms. The summed E-state index contributed by atoms with van der Waals surface area (Å²) in [6, 6.07) is 11.7. The van der Waals surface area contributed by atoms with E-state index in [9.17, 15) is 15.0 Å². The number of phenolic OH excluding ortho intramolecular Hbond substituents is 1. The van der Waals surface area contributed by atoms with Crippen molar-refractivity contribution in [2.75, 3.05) is 14.2 Å². The Morgan fingerprint density at radius 2 is 1.93 bits per heavy atom. The summed E-state index contributed by atoms with van der Waals surface area (Å²) < 4.78 is 9.80. The van der Waals surface area contributed by atoms with Crippen LogP contribution in [-0.4, -0.2) is 35.4 Å². The highest BCUT2D eigenvalue weighted by Gasteiger charge is 2.33. The minimum absolute atomic E-state index is 0.0403. The molecular formula is C20H16ClNO5S. The van der Waals surface area contributed by atoms with Crippen LogP contribution in [0.1, 0.15) is 5.56 Å². The largest absolute Gasteiger partial charge is 0.506 e. The number of esters is 1. The van der Waals surface area contributed by atoms with Gasteiger partial charge in [0.25, 0.3) is 0 Å². The maximum atomic E-state index is 12.2. The van der Waals surface area contributed by atoms with Gasteiger partial charge in [-0.1, -0.05) is 41.6 Å². The van der Waals surface area contributed by atoms with Gasteiger partial charge in [-0.3, -0.25) is 0 Å². The highest BCUT2D eigenvalue weighted by atomic mass is 35.5. The summed E-state index contributed by atoms with van der Waals surface area (Å²) in [7, 11) is 2.68. The van der Waals surface area contributed by atoms with Gasteiger partial charge in [-0.15, -0.1) is 0 Å². The summed E-state index contributed by atoms with van der Waals surface area (Å²) in [5.41, 5.74) is 1.02. The third-order valence-electron chi connectivity index (χ3n) is 3.86. The third kappa shape index (κ3) is 4.00. The molecule has 0 saturated carbocycles. The van der Waals surface area contributed by atoms with Gasteiger partial charge in [0.15, 0.2) is 11.5 Å². The first-order chi connectivity index (χ1) is 13.4. The molecule has 3 rings (SSSR count). The van der Waals surface area contributed by atoms with E-state index in [0.29, 0.717) is 26.9 Å². The summed E-state index contributed by atoms with van der Waals surface area (Å²) in [4.78, 5) is 17.0. The van der Waals surface area contributed by atoms with Crippen LogP contribution >= 0.6 is 23.4 Å².